The summed E-state index contributed by atoms with van der Waals surface area (Å²) in [6.07, 6.45) is 8.59. The van der Waals surface area contributed by atoms with Crippen LogP contribution in [-0.2, 0) is 9.59 Å². The Hall–Kier alpha value is -4.02. The van der Waals surface area contributed by atoms with E-state index in [1.54, 1.807) is 18.5 Å². The van der Waals surface area contributed by atoms with Crippen molar-refractivity contribution >= 4 is 34.7 Å². The van der Waals surface area contributed by atoms with Gasteiger partial charge in [-0.2, -0.15) is 5.10 Å². The van der Waals surface area contributed by atoms with Crippen LogP contribution < -0.4 is 15.1 Å². The SMILES string of the molecule is O=C1CCC(c2cnn3c(N4CCC5(CCN(c6ccc([N+](=O)[O-])nc6)CC5)CC4)cccc23)C(=O)N1. The number of aromatic nitrogens is 3. The van der Waals surface area contributed by atoms with E-state index in [0.29, 0.717) is 18.3 Å². The number of carbonyl (C=O) groups excluding carboxylic acids is 2. The van der Waals surface area contributed by atoms with Gasteiger partial charge in [0.2, 0.25) is 11.8 Å². The first-order valence-electron chi connectivity index (χ1n) is 12.8. The Bertz CT molecular complexity index is 1350. The first kappa shape index (κ1) is 23.4. The molecular weight excluding hydrogens is 474 g/mol. The largest absolute Gasteiger partial charge is 0.368 e. The van der Waals surface area contributed by atoms with Gasteiger partial charge in [0, 0.05) is 44.2 Å². The maximum atomic E-state index is 12.4. The van der Waals surface area contributed by atoms with Crippen molar-refractivity contribution in [1.82, 2.24) is 19.9 Å². The number of amides is 2. The van der Waals surface area contributed by atoms with Crippen molar-refractivity contribution in [2.45, 2.75) is 44.4 Å². The molecule has 6 rings (SSSR count). The van der Waals surface area contributed by atoms with E-state index in [2.05, 4.69) is 31.3 Å². The molecule has 3 saturated heterocycles. The van der Waals surface area contributed by atoms with E-state index in [9.17, 15) is 19.7 Å². The number of imide groups is 1. The van der Waals surface area contributed by atoms with Crippen LogP contribution in [0.4, 0.5) is 17.3 Å². The van der Waals surface area contributed by atoms with Gasteiger partial charge in [0.05, 0.1) is 23.3 Å². The van der Waals surface area contributed by atoms with Crippen LogP contribution in [0.15, 0.2) is 42.7 Å². The Morgan fingerprint density at radius 3 is 2.35 bits per heavy atom. The fraction of sp³-hybridized carbons (Fsp3) is 0.462. The smallest absolute Gasteiger partial charge is 0.363 e. The molecule has 2 amide bonds. The summed E-state index contributed by atoms with van der Waals surface area (Å²) in [5.41, 5.74) is 3.03. The number of nitrogens with one attached hydrogen (secondary N) is 1. The van der Waals surface area contributed by atoms with Gasteiger partial charge in [-0.05, 0) is 65.6 Å². The molecule has 192 valence electrons. The number of rotatable bonds is 4. The Labute approximate surface area is 213 Å². The molecule has 3 aliphatic rings. The van der Waals surface area contributed by atoms with Crippen LogP contribution in [0.25, 0.3) is 5.52 Å². The summed E-state index contributed by atoms with van der Waals surface area (Å²) in [6, 6.07) is 9.35. The molecule has 3 aromatic rings. The Balaban J connectivity index is 1.12. The number of fused-ring (bicyclic) bond motifs is 1. The summed E-state index contributed by atoms with van der Waals surface area (Å²) in [5, 5.41) is 18.0. The van der Waals surface area contributed by atoms with Crippen molar-refractivity contribution in [3.8, 4) is 0 Å². The number of piperidine rings is 3. The van der Waals surface area contributed by atoms with E-state index >= 15 is 0 Å². The third-order valence-corrected chi connectivity index (χ3v) is 8.42. The molecule has 0 aromatic carbocycles. The molecule has 11 nitrogen and oxygen atoms in total. The number of nitrogens with zero attached hydrogens (tertiary/aromatic N) is 6. The van der Waals surface area contributed by atoms with Gasteiger partial charge < -0.3 is 19.9 Å². The fourth-order valence-corrected chi connectivity index (χ4v) is 6.14. The van der Waals surface area contributed by atoms with Gasteiger partial charge >= 0.3 is 5.82 Å². The number of pyridine rings is 2. The van der Waals surface area contributed by atoms with Crippen LogP contribution in [0.5, 0.6) is 0 Å². The van der Waals surface area contributed by atoms with Crippen molar-refractivity contribution in [3.05, 3.63) is 58.4 Å². The van der Waals surface area contributed by atoms with Gasteiger partial charge in [-0.25, -0.2) is 4.52 Å². The van der Waals surface area contributed by atoms with E-state index in [1.807, 2.05) is 16.6 Å². The second-order valence-electron chi connectivity index (χ2n) is 10.4. The second kappa shape index (κ2) is 9.13. The van der Waals surface area contributed by atoms with Crippen LogP contribution in [0, 0.1) is 15.5 Å². The Morgan fingerprint density at radius 1 is 0.973 bits per heavy atom. The lowest BCUT2D eigenvalue weighted by Gasteiger charge is -2.47. The molecule has 0 radical (unpaired) electrons. The minimum atomic E-state index is -0.470. The quantitative estimate of drug-likeness (QED) is 0.327. The minimum Gasteiger partial charge on any atom is -0.368 e. The third-order valence-electron chi connectivity index (χ3n) is 8.42. The number of hydrogen-bond acceptors (Lipinski definition) is 8. The molecule has 1 spiro atoms. The van der Waals surface area contributed by atoms with Crippen LogP contribution >= 0.6 is 0 Å². The van der Waals surface area contributed by atoms with E-state index in [1.165, 1.54) is 6.07 Å². The summed E-state index contributed by atoms with van der Waals surface area (Å²) in [7, 11) is 0. The van der Waals surface area contributed by atoms with Crippen molar-refractivity contribution < 1.29 is 14.5 Å². The van der Waals surface area contributed by atoms with E-state index in [-0.39, 0.29) is 23.6 Å². The molecule has 37 heavy (non-hydrogen) atoms. The molecule has 1 N–H and O–H groups in total. The van der Waals surface area contributed by atoms with Gasteiger partial charge in [0.25, 0.3) is 0 Å². The molecular formula is C26H29N7O4. The highest BCUT2D eigenvalue weighted by atomic mass is 16.6. The topological polar surface area (TPSA) is 126 Å². The average Bonchev–Trinajstić information content (AvgIpc) is 3.34. The van der Waals surface area contributed by atoms with Crippen LogP contribution in [-0.4, -0.2) is 57.5 Å². The normalized spacial score (nSPS) is 21.9. The number of carbonyl (C=O) groups is 2. The molecule has 3 aliphatic heterocycles. The van der Waals surface area contributed by atoms with Gasteiger partial charge in [0.15, 0.2) is 6.20 Å². The second-order valence-corrected chi connectivity index (χ2v) is 10.4. The molecule has 0 saturated carbocycles. The Morgan fingerprint density at radius 2 is 1.70 bits per heavy atom. The zero-order valence-electron chi connectivity index (χ0n) is 20.5. The molecule has 1 atom stereocenters. The highest BCUT2D eigenvalue weighted by molar-refractivity contribution is 6.01. The lowest BCUT2D eigenvalue weighted by atomic mass is 9.71. The first-order chi connectivity index (χ1) is 17.9. The van der Waals surface area contributed by atoms with E-state index in [0.717, 1.165) is 74.4 Å². The van der Waals surface area contributed by atoms with Crippen molar-refractivity contribution in [3.63, 3.8) is 0 Å². The van der Waals surface area contributed by atoms with Crippen molar-refractivity contribution in [2.75, 3.05) is 36.0 Å². The zero-order chi connectivity index (χ0) is 25.6. The van der Waals surface area contributed by atoms with Crippen LogP contribution in [0.2, 0.25) is 0 Å². The molecule has 11 heteroatoms. The molecule has 0 bridgehead atoms. The number of anilines is 2. The number of hydrogen-bond donors (Lipinski definition) is 1. The molecule has 3 fully saturated rings. The van der Waals surface area contributed by atoms with Gasteiger partial charge in [-0.1, -0.05) is 6.07 Å². The molecule has 1 unspecified atom stereocenters. The lowest BCUT2D eigenvalue weighted by molar-refractivity contribution is -0.389. The summed E-state index contributed by atoms with van der Waals surface area (Å²) in [6.45, 7) is 3.71. The highest BCUT2D eigenvalue weighted by Crippen LogP contribution is 2.43. The van der Waals surface area contributed by atoms with Gasteiger partial charge in [-0.15, -0.1) is 0 Å². The third kappa shape index (κ3) is 4.28. The van der Waals surface area contributed by atoms with E-state index in [4.69, 9.17) is 0 Å². The maximum Gasteiger partial charge on any atom is 0.363 e. The average molecular weight is 504 g/mol. The van der Waals surface area contributed by atoms with Crippen LogP contribution in [0.3, 0.4) is 0 Å². The fourth-order valence-electron chi connectivity index (χ4n) is 6.14. The van der Waals surface area contributed by atoms with E-state index < -0.39 is 4.92 Å². The zero-order valence-corrected chi connectivity index (χ0v) is 20.5. The van der Waals surface area contributed by atoms with Crippen molar-refractivity contribution in [1.29, 1.82) is 0 Å². The van der Waals surface area contributed by atoms with Crippen LogP contribution in [0.1, 0.15) is 50.0 Å². The maximum absolute atomic E-state index is 12.4. The molecule has 3 aromatic heterocycles. The standard InChI is InChI=1S/C26H29N7O4/c34-23-7-5-19(25(35)29-23)20-17-28-32-21(20)2-1-3-24(32)31-14-10-26(11-15-31)8-12-30(13-9-26)18-4-6-22(27-16-18)33(36)37/h1-4,6,16-17,19H,5,7-15H2,(H,29,34,35). The predicted octanol–water partition coefficient (Wildman–Crippen LogP) is 3.04. The summed E-state index contributed by atoms with van der Waals surface area (Å²) >= 11 is 0. The summed E-state index contributed by atoms with van der Waals surface area (Å²) < 4.78 is 1.93. The van der Waals surface area contributed by atoms with Gasteiger partial charge in [-0.3, -0.25) is 14.9 Å². The monoisotopic (exact) mass is 503 g/mol. The molecule has 6 heterocycles. The predicted molar refractivity (Wildman–Crippen MR) is 137 cm³/mol. The van der Waals surface area contributed by atoms with Crippen molar-refractivity contribution in [2.24, 2.45) is 5.41 Å². The Kier molecular flexibility index (Phi) is 5.77. The highest BCUT2D eigenvalue weighted by Gasteiger charge is 2.38. The summed E-state index contributed by atoms with van der Waals surface area (Å²) in [5.74, 6) is 0.0933. The molecule has 0 aliphatic carbocycles. The summed E-state index contributed by atoms with van der Waals surface area (Å²) in [4.78, 5) is 43.1. The van der Waals surface area contributed by atoms with Gasteiger partial charge in [0.1, 0.15) is 5.82 Å². The number of nitro groups is 1. The first-order valence-corrected chi connectivity index (χ1v) is 12.8. The lowest BCUT2D eigenvalue weighted by Crippen LogP contribution is -2.47. The minimum absolute atomic E-state index is 0.124.